The van der Waals surface area contributed by atoms with Gasteiger partial charge in [-0.25, -0.2) is 4.79 Å². The summed E-state index contributed by atoms with van der Waals surface area (Å²) in [4.78, 5) is 24.4. The molecule has 0 aromatic heterocycles. The Balaban J connectivity index is 1.72. The summed E-state index contributed by atoms with van der Waals surface area (Å²) < 4.78 is 5.39. The number of carbonyl (C=O) groups is 2. The van der Waals surface area contributed by atoms with Crippen molar-refractivity contribution in [2.24, 2.45) is 0 Å². The van der Waals surface area contributed by atoms with Crippen molar-refractivity contribution < 1.29 is 19.4 Å². The van der Waals surface area contributed by atoms with Crippen LogP contribution in [0.25, 0.3) is 11.1 Å². The molecule has 0 bridgehead atoms. The lowest BCUT2D eigenvalue weighted by atomic mass is 9.89. The zero-order chi connectivity index (χ0) is 17.4. The second-order valence-corrected chi connectivity index (χ2v) is 6.48. The Morgan fingerprint density at radius 1 is 1.04 bits per heavy atom. The smallest absolute Gasteiger partial charge is 0.327 e. The largest absolute Gasteiger partial charge is 0.480 e. The number of carboxylic acid groups (broad SMARTS) is 1. The topological polar surface area (TPSA) is 75.6 Å². The summed E-state index contributed by atoms with van der Waals surface area (Å²) in [5.41, 5.74) is 3.92. The van der Waals surface area contributed by atoms with Crippen LogP contribution in [0.4, 0.5) is 0 Å². The fourth-order valence-corrected chi connectivity index (χ4v) is 3.87. The summed E-state index contributed by atoms with van der Waals surface area (Å²) >= 11 is 0. The van der Waals surface area contributed by atoms with Crippen molar-refractivity contribution in [1.82, 2.24) is 5.32 Å². The molecular formula is C20H19NO4. The molecule has 5 heteroatoms. The molecule has 0 radical (unpaired) electrons. The summed E-state index contributed by atoms with van der Waals surface area (Å²) in [5.74, 6) is -1.79. The lowest BCUT2D eigenvalue weighted by molar-refractivity contribution is -0.144. The Morgan fingerprint density at radius 2 is 1.64 bits per heavy atom. The number of rotatable bonds is 4. The highest BCUT2D eigenvalue weighted by atomic mass is 16.5. The number of fused-ring (bicyclic) bond motifs is 3. The highest BCUT2D eigenvalue weighted by Gasteiger charge is 2.40. The molecule has 1 aliphatic heterocycles. The molecule has 128 valence electrons. The number of nitrogens with one attached hydrogen (secondary N) is 1. The number of benzene rings is 2. The number of carboxylic acids is 1. The maximum Gasteiger partial charge on any atom is 0.327 e. The van der Waals surface area contributed by atoms with E-state index < -0.39 is 24.0 Å². The first-order valence-electron chi connectivity index (χ1n) is 8.50. The minimum Gasteiger partial charge on any atom is -0.480 e. The van der Waals surface area contributed by atoms with E-state index in [0.29, 0.717) is 13.0 Å². The molecule has 25 heavy (non-hydrogen) atoms. The van der Waals surface area contributed by atoms with Crippen molar-refractivity contribution in [1.29, 1.82) is 0 Å². The third-order valence-electron chi connectivity index (χ3n) is 5.00. The van der Waals surface area contributed by atoms with E-state index in [1.165, 1.54) is 0 Å². The molecular weight excluding hydrogens is 318 g/mol. The van der Waals surface area contributed by atoms with Gasteiger partial charge in [-0.1, -0.05) is 48.5 Å². The van der Waals surface area contributed by atoms with E-state index in [4.69, 9.17) is 4.74 Å². The first-order valence-corrected chi connectivity index (χ1v) is 8.50. The lowest BCUT2D eigenvalue weighted by Gasteiger charge is -2.24. The van der Waals surface area contributed by atoms with Gasteiger partial charge in [0.2, 0.25) is 5.91 Å². The molecule has 2 N–H and O–H groups in total. The maximum absolute atomic E-state index is 12.4. The van der Waals surface area contributed by atoms with Crippen LogP contribution in [-0.2, 0) is 14.3 Å². The standard InChI is InChI=1S/C20H19NO4/c22-19(16-10-5-11-25-16)21-18(20(23)24)17-14-8-3-1-6-12(14)13-7-2-4-9-15(13)17/h1-4,6-9,16-18H,5,10-11H2,(H,21,22)(H,23,24)/t16-,18-/m0/s1. The molecule has 2 atom stereocenters. The molecule has 1 amide bonds. The molecule has 1 saturated heterocycles. The van der Waals surface area contributed by atoms with Crippen molar-refractivity contribution >= 4 is 11.9 Å². The monoisotopic (exact) mass is 337 g/mol. The van der Waals surface area contributed by atoms with E-state index in [0.717, 1.165) is 28.7 Å². The quantitative estimate of drug-likeness (QED) is 0.899. The molecule has 0 unspecified atom stereocenters. The SMILES string of the molecule is O=C(N[C@H](C(=O)O)C1c2ccccc2-c2ccccc21)[C@@H]1CCCO1. The van der Waals surface area contributed by atoms with Gasteiger partial charge in [0.1, 0.15) is 12.1 Å². The fraction of sp³-hybridized carbons (Fsp3) is 0.300. The van der Waals surface area contributed by atoms with E-state index in [1.54, 1.807) is 0 Å². The Bertz CT molecular complexity index is 780. The van der Waals surface area contributed by atoms with Crippen LogP contribution in [0.15, 0.2) is 48.5 Å². The van der Waals surface area contributed by atoms with E-state index in [1.807, 2.05) is 48.5 Å². The summed E-state index contributed by atoms with van der Waals surface area (Å²) in [6, 6.07) is 14.5. The molecule has 2 aromatic rings. The van der Waals surface area contributed by atoms with Crippen molar-refractivity contribution in [3.05, 3.63) is 59.7 Å². The van der Waals surface area contributed by atoms with Gasteiger partial charge >= 0.3 is 5.97 Å². The molecule has 0 spiro atoms. The molecule has 2 aromatic carbocycles. The number of carbonyl (C=O) groups excluding carboxylic acids is 1. The van der Waals surface area contributed by atoms with Crippen LogP contribution >= 0.6 is 0 Å². The van der Waals surface area contributed by atoms with Crippen LogP contribution in [0.3, 0.4) is 0 Å². The van der Waals surface area contributed by atoms with Crippen LogP contribution in [0.5, 0.6) is 0 Å². The molecule has 4 rings (SSSR count). The van der Waals surface area contributed by atoms with Crippen LogP contribution in [-0.4, -0.2) is 35.7 Å². The first kappa shape index (κ1) is 15.8. The van der Waals surface area contributed by atoms with Crippen LogP contribution in [0.2, 0.25) is 0 Å². The zero-order valence-electron chi connectivity index (χ0n) is 13.6. The highest BCUT2D eigenvalue weighted by Crippen LogP contribution is 2.46. The third-order valence-corrected chi connectivity index (χ3v) is 5.00. The van der Waals surface area contributed by atoms with E-state index in [-0.39, 0.29) is 5.91 Å². The van der Waals surface area contributed by atoms with Gasteiger partial charge in [0, 0.05) is 12.5 Å². The Morgan fingerprint density at radius 3 is 2.16 bits per heavy atom. The van der Waals surface area contributed by atoms with Gasteiger partial charge in [-0.05, 0) is 35.1 Å². The Kier molecular flexibility index (Phi) is 4.01. The predicted molar refractivity (Wildman–Crippen MR) is 92.3 cm³/mol. The molecule has 5 nitrogen and oxygen atoms in total. The van der Waals surface area contributed by atoms with Crippen LogP contribution in [0.1, 0.15) is 29.9 Å². The van der Waals surface area contributed by atoms with Crippen molar-refractivity contribution in [2.75, 3.05) is 6.61 Å². The number of amides is 1. The van der Waals surface area contributed by atoms with Gasteiger partial charge < -0.3 is 15.2 Å². The van der Waals surface area contributed by atoms with E-state index in [2.05, 4.69) is 5.32 Å². The normalized spacial score (nSPS) is 19.9. The van der Waals surface area contributed by atoms with Crippen LogP contribution < -0.4 is 5.32 Å². The molecule has 2 aliphatic rings. The summed E-state index contributed by atoms with van der Waals surface area (Å²) in [6.07, 6.45) is 0.912. The number of aliphatic carboxylic acids is 1. The second-order valence-electron chi connectivity index (χ2n) is 6.48. The Hall–Kier alpha value is -2.66. The maximum atomic E-state index is 12.4. The average Bonchev–Trinajstić information content (AvgIpc) is 3.26. The fourth-order valence-electron chi connectivity index (χ4n) is 3.87. The lowest BCUT2D eigenvalue weighted by Crippen LogP contribution is -2.48. The number of ether oxygens (including phenoxy) is 1. The first-order chi connectivity index (χ1) is 12.2. The van der Waals surface area contributed by atoms with Crippen molar-refractivity contribution in [3.8, 4) is 11.1 Å². The predicted octanol–water partition coefficient (Wildman–Crippen LogP) is 2.55. The van der Waals surface area contributed by atoms with Crippen LogP contribution in [0, 0.1) is 0 Å². The second kappa shape index (κ2) is 6.33. The van der Waals surface area contributed by atoms with Gasteiger partial charge in [0.25, 0.3) is 0 Å². The third kappa shape index (κ3) is 2.70. The van der Waals surface area contributed by atoms with Gasteiger partial charge in [0.15, 0.2) is 0 Å². The molecule has 1 heterocycles. The van der Waals surface area contributed by atoms with Gasteiger partial charge in [0.05, 0.1) is 0 Å². The zero-order valence-corrected chi connectivity index (χ0v) is 13.6. The molecule has 0 saturated carbocycles. The van der Waals surface area contributed by atoms with Crippen molar-refractivity contribution in [2.45, 2.75) is 30.9 Å². The van der Waals surface area contributed by atoms with Gasteiger partial charge in [-0.15, -0.1) is 0 Å². The molecule has 1 fully saturated rings. The minimum absolute atomic E-state index is 0.341. The van der Waals surface area contributed by atoms with Gasteiger partial charge in [-0.2, -0.15) is 0 Å². The highest BCUT2D eigenvalue weighted by molar-refractivity contribution is 5.90. The molecule has 1 aliphatic carbocycles. The Labute approximate surface area is 145 Å². The minimum atomic E-state index is -1.04. The van der Waals surface area contributed by atoms with Crippen molar-refractivity contribution in [3.63, 3.8) is 0 Å². The van der Waals surface area contributed by atoms with E-state index >= 15 is 0 Å². The van der Waals surface area contributed by atoms with Gasteiger partial charge in [-0.3, -0.25) is 4.79 Å². The summed E-state index contributed by atoms with van der Waals surface area (Å²) in [6.45, 7) is 0.547. The number of hydrogen-bond acceptors (Lipinski definition) is 3. The van der Waals surface area contributed by atoms with E-state index in [9.17, 15) is 14.7 Å². The number of hydrogen-bond donors (Lipinski definition) is 2. The average molecular weight is 337 g/mol. The summed E-state index contributed by atoms with van der Waals surface area (Å²) in [5, 5.41) is 12.5. The summed E-state index contributed by atoms with van der Waals surface area (Å²) in [7, 11) is 0.